The lowest BCUT2D eigenvalue weighted by Gasteiger charge is -2.13. The molecule has 0 unspecified atom stereocenters. The van der Waals surface area contributed by atoms with Crippen LogP contribution in [0.3, 0.4) is 0 Å². The van der Waals surface area contributed by atoms with Crippen molar-refractivity contribution in [3.63, 3.8) is 0 Å². The Hall–Kier alpha value is -8.99. The van der Waals surface area contributed by atoms with E-state index in [1.807, 2.05) is 17.7 Å². The molecule has 6 aromatic heterocycles. The van der Waals surface area contributed by atoms with Crippen molar-refractivity contribution in [3.05, 3.63) is 118 Å². The van der Waals surface area contributed by atoms with E-state index in [9.17, 15) is 14.9 Å². The van der Waals surface area contributed by atoms with E-state index >= 15 is 0 Å². The molecule has 1 fully saturated rings. The Bertz CT molecular complexity index is 3440. The Morgan fingerprint density at radius 2 is 1.17 bits per heavy atom. The molecule has 0 saturated heterocycles. The minimum atomic E-state index is -0.382. The van der Waals surface area contributed by atoms with Crippen molar-refractivity contribution >= 4 is 11.6 Å². The quantitative estimate of drug-likeness (QED) is 0.129. The molecule has 348 valence electrons. The molecule has 8 aromatic rings. The van der Waals surface area contributed by atoms with Crippen LogP contribution in [-0.4, -0.2) is 81.7 Å². The topological polar surface area (TPSA) is 265 Å². The highest BCUT2D eigenvalue weighted by molar-refractivity contribution is 5.75. The summed E-state index contributed by atoms with van der Waals surface area (Å²) >= 11 is 0. The lowest BCUT2D eigenvalue weighted by molar-refractivity contribution is 0.319. The van der Waals surface area contributed by atoms with Gasteiger partial charge in [-0.2, -0.15) is 10.4 Å². The second-order valence-corrected chi connectivity index (χ2v) is 16.6. The molecule has 69 heavy (non-hydrogen) atoms. The zero-order valence-electron chi connectivity index (χ0n) is 38.6. The fourth-order valence-corrected chi connectivity index (χ4v) is 7.76. The van der Waals surface area contributed by atoms with Gasteiger partial charge in [0.05, 0.1) is 75.9 Å². The van der Waals surface area contributed by atoms with Crippen molar-refractivity contribution < 1.29 is 18.9 Å². The van der Waals surface area contributed by atoms with Gasteiger partial charge in [-0.3, -0.25) is 19.3 Å². The minimum Gasteiger partial charge on any atom is -0.497 e. The van der Waals surface area contributed by atoms with E-state index in [2.05, 4.69) is 26.1 Å². The maximum Gasteiger partial charge on any atom is 0.276 e. The fraction of sp³-hybridized carbons (Fsp3) is 0.245. The lowest BCUT2D eigenvalue weighted by atomic mass is 10.1. The first-order valence-electron chi connectivity index (χ1n) is 21.6. The molecular weight excluding hydrogens is 881 g/mol. The normalized spacial score (nSPS) is 12.6. The van der Waals surface area contributed by atoms with Crippen molar-refractivity contribution in [2.75, 3.05) is 39.4 Å². The molecule has 9 rings (SSSR count). The number of anilines is 2. The number of pyridine rings is 1. The number of aromatic nitrogens is 11. The van der Waals surface area contributed by atoms with Gasteiger partial charge in [0.1, 0.15) is 57.2 Å². The number of methoxy groups -OCH3 is 3. The minimum absolute atomic E-state index is 0.117. The first-order valence-corrected chi connectivity index (χ1v) is 21.6. The smallest absolute Gasteiger partial charge is 0.276 e. The molecule has 6 heterocycles. The second kappa shape index (κ2) is 18.4. The molecule has 1 aliphatic carbocycles. The van der Waals surface area contributed by atoms with Crippen LogP contribution < -0.4 is 41.5 Å². The van der Waals surface area contributed by atoms with Gasteiger partial charge in [0.25, 0.3) is 11.1 Å². The van der Waals surface area contributed by atoms with E-state index in [0.717, 1.165) is 29.7 Å². The van der Waals surface area contributed by atoms with Crippen LogP contribution in [0.1, 0.15) is 24.1 Å². The number of hydrogen-bond donors (Lipinski definition) is 2. The van der Waals surface area contributed by atoms with Crippen LogP contribution in [0.15, 0.2) is 95.4 Å². The van der Waals surface area contributed by atoms with Gasteiger partial charge in [0, 0.05) is 85.4 Å². The highest BCUT2D eigenvalue weighted by Crippen LogP contribution is 2.46. The molecule has 0 spiro atoms. The standard InChI is InChI=1S/C49H46N14O6/c1-27-36(20-56-63(27)26-49(25-50)8-9-49)38-22-55-46(52)44(58-38)40-24-62(3)48(65)42(60-40)30-14-34(68-6)17-35(15-30)69-10-7-28-11-31(19-53-18-28)37-21-54-45(51)43(57-37)39-23-61(2)47(64)41(59-39)29-12-32(66-4)16-33(13-29)67-5/h11-24H,7-10,26H2,1-6H3,(H2,51,54)(H2,52,55). The number of aryl methyl sites for hydroxylation is 2. The third-order valence-electron chi connectivity index (χ3n) is 11.9. The monoisotopic (exact) mass is 926 g/mol. The summed E-state index contributed by atoms with van der Waals surface area (Å²) in [5.41, 5.74) is 18.2. The molecule has 20 nitrogen and oxygen atoms in total. The van der Waals surface area contributed by atoms with Crippen LogP contribution in [0.4, 0.5) is 11.6 Å². The predicted molar refractivity (Wildman–Crippen MR) is 256 cm³/mol. The molecule has 20 heteroatoms. The number of nitriles is 1. The lowest BCUT2D eigenvalue weighted by Crippen LogP contribution is -2.20. The van der Waals surface area contributed by atoms with Crippen LogP contribution in [0, 0.1) is 23.7 Å². The van der Waals surface area contributed by atoms with Gasteiger partial charge in [-0.1, -0.05) is 0 Å². The van der Waals surface area contributed by atoms with E-state index in [0.29, 0.717) is 75.4 Å². The summed E-state index contributed by atoms with van der Waals surface area (Å²) in [6.07, 6.45) is 13.5. The highest BCUT2D eigenvalue weighted by Gasteiger charge is 2.44. The molecule has 0 amide bonds. The van der Waals surface area contributed by atoms with Gasteiger partial charge in [0.15, 0.2) is 11.6 Å². The number of hydrogen-bond acceptors (Lipinski definition) is 17. The zero-order chi connectivity index (χ0) is 48.6. The van der Waals surface area contributed by atoms with Gasteiger partial charge in [0.2, 0.25) is 0 Å². The number of nitrogens with two attached hydrogens (primary N) is 2. The Morgan fingerprint density at radius 3 is 1.72 bits per heavy atom. The zero-order valence-corrected chi connectivity index (χ0v) is 38.6. The van der Waals surface area contributed by atoms with Crippen LogP contribution in [0.25, 0.3) is 67.8 Å². The van der Waals surface area contributed by atoms with Gasteiger partial charge >= 0.3 is 0 Å². The maximum atomic E-state index is 13.7. The fourth-order valence-electron chi connectivity index (χ4n) is 7.76. The summed E-state index contributed by atoms with van der Waals surface area (Å²) in [5, 5.41) is 14.2. The first-order chi connectivity index (χ1) is 33.3. The average Bonchev–Trinajstić information content (AvgIpc) is 4.06. The van der Waals surface area contributed by atoms with Crippen molar-refractivity contribution in [2.45, 2.75) is 32.7 Å². The Kier molecular flexibility index (Phi) is 12.0. The predicted octanol–water partition coefficient (Wildman–Crippen LogP) is 5.47. The summed E-state index contributed by atoms with van der Waals surface area (Å²) in [7, 11) is 7.82. The van der Waals surface area contributed by atoms with Gasteiger partial charge in [-0.25, -0.2) is 29.9 Å². The van der Waals surface area contributed by atoms with E-state index < -0.39 is 0 Å². The van der Waals surface area contributed by atoms with Crippen LogP contribution in [0.2, 0.25) is 0 Å². The summed E-state index contributed by atoms with van der Waals surface area (Å²) in [6, 6.07) is 14.6. The van der Waals surface area contributed by atoms with Crippen molar-refractivity contribution in [2.24, 2.45) is 19.5 Å². The van der Waals surface area contributed by atoms with Crippen LogP contribution >= 0.6 is 0 Å². The Labute approximate surface area is 394 Å². The molecule has 4 N–H and O–H groups in total. The van der Waals surface area contributed by atoms with E-state index in [4.69, 9.17) is 50.4 Å². The number of rotatable bonds is 15. The van der Waals surface area contributed by atoms with E-state index in [1.54, 1.807) is 93.9 Å². The van der Waals surface area contributed by atoms with Crippen LogP contribution in [0.5, 0.6) is 23.0 Å². The maximum absolute atomic E-state index is 13.7. The first kappa shape index (κ1) is 45.2. The second-order valence-electron chi connectivity index (χ2n) is 16.6. The van der Waals surface area contributed by atoms with Crippen molar-refractivity contribution in [3.8, 4) is 96.9 Å². The third-order valence-corrected chi connectivity index (χ3v) is 11.9. The molecule has 2 aromatic carbocycles. The van der Waals surface area contributed by atoms with E-state index in [1.165, 1.54) is 30.5 Å². The van der Waals surface area contributed by atoms with Gasteiger partial charge in [-0.15, -0.1) is 0 Å². The summed E-state index contributed by atoms with van der Waals surface area (Å²) in [5.74, 6) is 2.12. The van der Waals surface area contributed by atoms with E-state index in [-0.39, 0.29) is 57.6 Å². The molecule has 1 aliphatic rings. The summed E-state index contributed by atoms with van der Waals surface area (Å²) in [6.45, 7) is 2.65. The van der Waals surface area contributed by atoms with Gasteiger partial charge in [-0.05, 0) is 55.7 Å². The number of benzene rings is 2. The highest BCUT2D eigenvalue weighted by atomic mass is 16.5. The SMILES string of the molecule is COc1cc(OC)cc(-c2nc(-c3nc(-c4cncc(CCOc5cc(OC)cc(-c6nc(-c7nc(-c8cnn(CC9(C#N)CC9)c8C)cnc7N)cn(C)c6=O)c5)c4)cnc3N)cn(C)c2=O)c1. The number of ether oxygens (including phenoxy) is 4. The molecule has 0 atom stereocenters. The number of nitrogen functional groups attached to an aromatic ring is 2. The van der Waals surface area contributed by atoms with Crippen molar-refractivity contribution in [1.29, 1.82) is 5.26 Å². The Morgan fingerprint density at radius 1 is 0.652 bits per heavy atom. The number of nitrogens with zero attached hydrogens (tertiary/aromatic N) is 12. The van der Waals surface area contributed by atoms with Crippen LogP contribution in [-0.2, 0) is 27.1 Å². The third kappa shape index (κ3) is 9.12. The summed E-state index contributed by atoms with van der Waals surface area (Å²) < 4.78 is 27.4. The Balaban J connectivity index is 0.947. The molecular formula is C49H46N14O6. The average molecular weight is 927 g/mol. The summed E-state index contributed by atoms with van der Waals surface area (Å²) in [4.78, 5) is 59.5. The van der Waals surface area contributed by atoms with Gasteiger partial charge < -0.3 is 39.5 Å². The largest absolute Gasteiger partial charge is 0.497 e. The molecule has 0 radical (unpaired) electrons. The molecule has 0 bridgehead atoms. The van der Waals surface area contributed by atoms with Crippen molar-refractivity contribution in [1.82, 2.24) is 53.8 Å². The molecule has 1 saturated carbocycles. The molecule has 0 aliphatic heterocycles.